The van der Waals surface area contributed by atoms with Gasteiger partial charge in [0.1, 0.15) is 0 Å². The number of nitrogens with two attached hydrogens (primary N) is 1. The highest BCUT2D eigenvalue weighted by molar-refractivity contribution is 5.73. The first-order valence-electron chi connectivity index (χ1n) is 8.70. The second kappa shape index (κ2) is 16.3. The van der Waals surface area contributed by atoms with Crippen molar-refractivity contribution in [3.8, 4) is 0 Å². The highest BCUT2D eigenvalue weighted by Gasteiger charge is 1.92. The maximum absolute atomic E-state index is 10.5. The van der Waals surface area contributed by atoms with Gasteiger partial charge in [-0.1, -0.05) is 76.9 Å². The van der Waals surface area contributed by atoms with Gasteiger partial charge in [0.25, 0.3) is 0 Å². The Labute approximate surface area is 126 Å². The van der Waals surface area contributed by atoms with E-state index in [2.05, 4.69) is 19.1 Å². The fourth-order valence-electron chi connectivity index (χ4n) is 2.38. The molecule has 0 fully saturated rings. The number of carbonyl (C=O) groups excluding carboxylic acids is 1. The average Bonchev–Trinajstić information content (AvgIpc) is 2.43. The van der Waals surface area contributed by atoms with E-state index in [0.717, 1.165) is 12.8 Å². The molecule has 0 bridgehead atoms. The predicted octanol–water partition coefficient (Wildman–Crippen LogP) is 5.51. The summed E-state index contributed by atoms with van der Waals surface area (Å²) in [6.45, 7) is 2.27. The van der Waals surface area contributed by atoms with Gasteiger partial charge in [-0.2, -0.15) is 0 Å². The summed E-state index contributed by atoms with van der Waals surface area (Å²) in [6, 6.07) is 0. The van der Waals surface area contributed by atoms with Crippen LogP contribution in [0.5, 0.6) is 0 Å². The van der Waals surface area contributed by atoms with Gasteiger partial charge in [0.2, 0.25) is 5.91 Å². The molecule has 0 aromatic carbocycles. The van der Waals surface area contributed by atoms with E-state index in [4.69, 9.17) is 5.73 Å². The van der Waals surface area contributed by atoms with E-state index in [1.807, 2.05) is 0 Å². The number of allylic oxidation sites excluding steroid dienone is 2. The van der Waals surface area contributed by atoms with E-state index in [9.17, 15) is 4.79 Å². The molecule has 0 rings (SSSR count). The van der Waals surface area contributed by atoms with Gasteiger partial charge in [-0.15, -0.1) is 0 Å². The highest BCUT2D eigenvalue weighted by atomic mass is 16.1. The summed E-state index contributed by atoms with van der Waals surface area (Å²) in [4.78, 5) is 10.5. The van der Waals surface area contributed by atoms with Gasteiger partial charge < -0.3 is 5.73 Å². The molecule has 0 radical (unpaired) electrons. The molecule has 0 saturated heterocycles. The Morgan fingerprint density at radius 1 is 0.750 bits per heavy atom. The number of hydrogen-bond acceptors (Lipinski definition) is 1. The summed E-state index contributed by atoms with van der Waals surface area (Å²) >= 11 is 0. The second-order valence-corrected chi connectivity index (χ2v) is 5.80. The minimum absolute atomic E-state index is 0.187. The van der Waals surface area contributed by atoms with Crippen LogP contribution in [-0.4, -0.2) is 5.91 Å². The van der Waals surface area contributed by atoms with Crippen molar-refractivity contribution < 1.29 is 4.79 Å². The Morgan fingerprint density at radius 2 is 1.20 bits per heavy atom. The van der Waals surface area contributed by atoms with Gasteiger partial charge in [0.05, 0.1) is 0 Å². The second-order valence-electron chi connectivity index (χ2n) is 5.80. The van der Waals surface area contributed by atoms with Gasteiger partial charge in [-0.25, -0.2) is 0 Å². The van der Waals surface area contributed by atoms with Crippen LogP contribution in [0.1, 0.15) is 96.8 Å². The maximum Gasteiger partial charge on any atom is 0.217 e. The van der Waals surface area contributed by atoms with Gasteiger partial charge in [-0.05, 0) is 25.7 Å². The molecule has 0 spiro atoms. The van der Waals surface area contributed by atoms with Gasteiger partial charge in [0.15, 0.2) is 0 Å². The van der Waals surface area contributed by atoms with Crippen molar-refractivity contribution in [1.82, 2.24) is 0 Å². The fourth-order valence-corrected chi connectivity index (χ4v) is 2.38. The summed E-state index contributed by atoms with van der Waals surface area (Å²) in [5, 5.41) is 0. The normalized spacial score (nSPS) is 11.2. The minimum atomic E-state index is -0.187. The zero-order valence-electron chi connectivity index (χ0n) is 13.5. The van der Waals surface area contributed by atoms with Crippen LogP contribution in [0.3, 0.4) is 0 Å². The monoisotopic (exact) mass is 281 g/mol. The van der Waals surface area contributed by atoms with Gasteiger partial charge in [-0.3, -0.25) is 4.79 Å². The molecule has 0 atom stereocenters. The molecular formula is C18H35NO. The molecular weight excluding hydrogens is 246 g/mol. The standard InChI is InChI=1S/C18H35NO/c1-2-3-4-5-6-7-8-9-10-11-12-13-14-15-16-17-18(19)20/h13-14H,2-12,15-17H2,1H3,(H2,19,20). The molecule has 0 aromatic heterocycles. The number of amides is 1. The number of carbonyl (C=O) groups is 1. The average molecular weight is 281 g/mol. The molecule has 2 nitrogen and oxygen atoms in total. The van der Waals surface area contributed by atoms with Crippen molar-refractivity contribution in [3.63, 3.8) is 0 Å². The molecule has 118 valence electrons. The van der Waals surface area contributed by atoms with Crippen molar-refractivity contribution in [2.24, 2.45) is 5.73 Å². The Kier molecular flexibility index (Phi) is 15.6. The summed E-state index contributed by atoms with van der Waals surface area (Å²) in [7, 11) is 0. The largest absolute Gasteiger partial charge is 0.370 e. The number of primary amides is 1. The third-order valence-corrected chi connectivity index (χ3v) is 3.68. The topological polar surface area (TPSA) is 43.1 Å². The lowest BCUT2D eigenvalue weighted by Gasteiger charge is -2.01. The van der Waals surface area contributed by atoms with Crippen molar-refractivity contribution in [3.05, 3.63) is 12.2 Å². The van der Waals surface area contributed by atoms with Crippen molar-refractivity contribution >= 4 is 5.91 Å². The molecule has 20 heavy (non-hydrogen) atoms. The van der Waals surface area contributed by atoms with Crippen LogP contribution >= 0.6 is 0 Å². The highest BCUT2D eigenvalue weighted by Crippen LogP contribution is 2.11. The molecule has 0 unspecified atom stereocenters. The Bertz CT molecular complexity index is 236. The van der Waals surface area contributed by atoms with E-state index in [0.29, 0.717) is 6.42 Å². The third-order valence-electron chi connectivity index (χ3n) is 3.68. The third kappa shape index (κ3) is 17.2. The number of hydrogen-bond donors (Lipinski definition) is 1. The number of unbranched alkanes of at least 4 members (excludes halogenated alkanes) is 11. The van der Waals surface area contributed by atoms with E-state index in [-0.39, 0.29) is 5.91 Å². The van der Waals surface area contributed by atoms with Gasteiger partial charge in [0, 0.05) is 6.42 Å². The van der Waals surface area contributed by atoms with Crippen LogP contribution in [0.2, 0.25) is 0 Å². The molecule has 0 aliphatic rings. The lowest BCUT2D eigenvalue weighted by atomic mass is 10.1. The number of rotatable bonds is 15. The van der Waals surface area contributed by atoms with Crippen molar-refractivity contribution in [2.45, 2.75) is 96.8 Å². The zero-order valence-corrected chi connectivity index (χ0v) is 13.5. The van der Waals surface area contributed by atoms with Gasteiger partial charge >= 0.3 is 0 Å². The van der Waals surface area contributed by atoms with E-state index >= 15 is 0 Å². The van der Waals surface area contributed by atoms with Crippen LogP contribution < -0.4 is 5.73 Å². The lowest BCUT2D eigenvalue weighted by Crippen LogP contribution is -2.09. The molecule has 2 heteroatoms. The first kappa shape index (κ1) is 19.2. The molecule has 0 saturated carbocycles. The quantitative estimate of drug-likeness (QED) is 0.312. The maximum atomic E-state index is 10.5. The minimum Gasteiger partial charge on any atom is -0.370 e. The van der Waals surface area contributed by atoms with E-state index < -0.39 is 0 Å². The zero-order chi connectivity index (χ0) is 14.9. The molecule has 0 aliphatic carbocycles. The lowest BCUT2D eigenvalue weighted by molar-refractivity contribution is -0.118. The van der Waals surface area contributed by atoms with E-state index in [1.54, 1.807) is 0 Å². The van der Waals surface area contributed by atoms with Crippen LogP contribution in [0.4, 0.5) is 0 Å². The molecule has 1 amide bonds. The van der Waals surface area contributed by atoms with Crippen LogP contribution in [0.25, 0.3) is 0 Å². The summed E-state index contributed by atoms with van der Waals surface area (Å²) in [5.41, 5.74) is 5.08. The SMILES string of the molecule is CCCCCCCCCCCCC=CCCCC(N)=O. The van der Waals surface area contributed by atoms with Crippen molar-refractivity contribution in [1.29, 1.82) is 0 Å². The van der Waals surface area contributed by atoms with Crippen LogP contribution in [0.15, 0.2) is 12.2 Å². The van der Waals surface area contributed by atoms with Crippen molar-refractivity contribution in [2.75, 3.05) is 0 Å². The first-order valence-corrected chi connectivity index (χ1v) is 8.70. The summed E-state index contributed by atoms with van der Waals surface area (Å²) < 4.78 is 0. The molecule has 0 heterocycles. The first-order chi connectivity index (χ1) is 9.77. The summed E-state index contributed by atoms with van der Waals surface area (Å²) in [5.74, 6) is -0.187. The van der Waals surface area contributed by atoms with Crippen LogP contribution in [0, 0.1) is 0 Å². The summed E-state index contributed by atoms with van der Waals surface area (Å²) in [6.07, 6.45) is 22.0. The van der Waals surface area contributed by atoms with E-state index in [1.165, 1.54) is 70.6 Å². The Morgan fingerprint density at radius 3 is 1.70 bits per heavy atom. The molecule has 2 N–H and O–H groups in total. The molecule has 0 aliphatic heterocycles. The Hall–Kier alpha value is -0.790. The smallest absolute Gasteiger partial charge is 0.217 e. The Balaban J connectivity index is 3.05. The molecule has 0 aromatic rings. The van der Waals surface area contributed by atoms with Crippen LogP contribution in [-0.2, 0) is 4.79 Å². The fraction of sp³-hybridized carbons (Fsp3) is 0.833. The predicted molar refractivity (Wildman–Crippen MR) is 88.6 cm³/mol.